The van der Waals surface area contributed by atoms with Crippen molar-refractivity contribution in [2.45, 2.75) is 46.2 Å². The summed E-state index contributed by atoms with van der Waals surface area (Å²) in [5.41, 5.74) is 3.97. The number of nitrogens with zero attached hydrogens (tertiary/aromatic N) is 1. The highest BCUT2D eigenvalue weighted by molar-refractivity contribution is 6.30. The Kier molecular flexibility index (Phi) is 9.29. The summed E-state index contributed by atoms with van der Waals surface area (Å²) in [5.74, 6) is 0.0709. The summed E-state index contributed by atoms with van der Waals surface area (Å²) in [5, 5.41) is 3.64. The fraction of sp³-hybridized carbons (Fsp3) is 0.310. The summed E-state index contributed by atoms with van der Waals surface area (Å²) in [7, 11) is 0. The lowest BCUT2D eigenvalue weighted by Gasteiger charge is -2.32. The number of hydrogen-bond acceptors (Lipinski definition) is 2. The molecular formula is C29H33ClN2O2. The van der Waals surface area contributed by atoms with E-state index in [0.717, 1.165) is 22.3 Å². The molecule has 0 saturated heterocycles. The van der Waals surface area contributed by atoms with Gasteiger partial charge in [0.05, 0.1) is 6.42 Å². The average Bonchev–Trinajstić information content (AvgIpc) is 2.81. The normalized spacial score (nSPS) is 11.8. The van der Waals surface area contributed by atoms with Crippen molar-refractivity contribution < 1.29 is 9.59 Å². The molecule has 3 aromatic carbocycles. The standard InChI is InChI=1S/C29H33ClN2O2/c1-21(2)19-31-29(34)27(17-23-8-5-4-6-9-23)32(20-24-14-12-22(3)13-15-24)28(33)18-25-10-7-11-26(30)16-25/h4-16,21,27H,17-20H2,1-3H3,(H,31,34)/t27-/m0/s1. The van der Waals surface area contributed by atoms with Crippen molar-refractivity contribution in [3.63, 3.8) is 0 Å². The van der Waals surface area contributed by atoms with E-state index >= 15 is 0 Å². The number of amides is 2. The quantitative estimate of drug-likeness (QED) is 0.414. The van der Waals surface area contributed by atoms with Crippen LogP contribution >= 0.6 is 11.6 Å². The molecule has 0 aliphatic carbocycles. The summed E-state index contributed by atoms with van der Waals surface area (Å²) in [6.07, 6.45) is 0.618. The van der Waals surface area contributed by atoms with Crippen molar-refractivity contribution in [1.82, 2.24) is 10.2 Å². The Morgan fingerprint density at radius 2 is 1.56 bits per heavy atom. The third-order valence-electron chi connectivity index (χ3n) is 5.67. The van der Waals surface area contributed by atoms with Gasteiger partial charge in [-0.1, -0.05) is 97.7 Å². The molecule has 1 atom stereocenters. The molecule has 0 fully saturated rings. The molecule has 5 heteroatoms. The monoisotopic (exact) mass is 476 g/mol. The summed E-state index contributed by atoms with van der Waals surface area (Å²) in [6, 6.07) is 24.6. The molecule has 34 heavy (non-hydrogen) atoms. The van der Waals surface area contributed by atoms with Gasteiger partial charge in [0.1, 0.15) is 6.04 Å². The molecule has 0 aliphatic heterocycles. The van der Waals surface area contributed by atoms with E-state index in [1.807, 2.05) is 73.7 Å². The van der Waals surface area contributed by atoms with Gasteiger partial charge in [0, 0.05) is 24.5 Å². The molecule has 2 amide bonds. The van der Waals surface area contributed by atoms with Crippen LogP contribution in [-0.4, -0.2) is 29.3 Å². The smallest absolute Gasteiger partial charge is 0.243 e. The van der Waals surface area contributed by atoms with E-state index in [4.69, 9.17) is 11.6 Å². The second kappa shape index (κ2) is 12.4. The lowest BCUT2D eigenvalue weighted by Crippen LogP contribution is -2.51. The van der Waals surface area contributed by atoms with Crippen LogP contribution in [0.25, 0.3) is 0 Å². The van der Waals surface area contributed by atoms with Gasteiger partial charge >= 0.3 is 0 Å². The number of benzene rings is 3. The minimum atomic E-state index is -0.630. The Hall–Kier alpha value is -3.11. The van der Waals surface area contributed by atoms with Gasteiger partial charge in [-0.3, -0.25) is 9.59 Å². The topological polar surface area (TPSA) is 49.4 Å². The number of nitrogens with one attached hydrogen (secondary N) is 1. The number of carbonyl (C=O) groups is 2. The lowest BCUT2D eigenvalue weighted by atomic mass is 10.0. The zero-order valence-electron chi connectivity index (χ0n) is 20.1. The molecule has 3 aromatic rings. The zero-order chi connectivity index (χ0) is 24.5. The summed E-state index contributed by atoms with van der Waals surface area (Å²) < 4.78 is 0. The number of carbonyl (C=O) groups excluding carboxylic acids is 2. The zero-order valence-corrected chi connectivity index (χ0v) is 20.9. The number of aryl methyl sites for hydroxylation is 1. The molecule has 0 heterocycles. The van der Waals surface area contributed by atoms with E-state index in [1.165, 1.54) is 0 Å². The molecule has 3 rings (SSSR count). The maximum atomic E-state index is 13.7. The highest BCUT2D eigenvalue weighted by Gasteiger charge is 2.30. The molecule has 0 aromatic heterocycles. The van der Waals surface area contributed by atoms with Crippen molar-refractivity contribution >= 4 is 23.4 Å². The van der Waals surface area contributed by atoms with Crippen LogP contribution in [0.15, 0.2) is 78.9 Å². The van der Waals surface area contributed by atoms with Crippen LogP contribution in [0.1, 0.15) is 36.1 Å². The predicted molar refractivity (Wildman–Crippen MR) is 139 cm³/mol. The SMILES string of the molecule is Cc1ccc(CN(C(=O)Cc2cccc(Cl)c2)[C@@H](Cc2ccccc2)C(=O)NCC(C)C)cc1. The first-order valence-corrected chi connectivity index (χ1v) is 12.1. The highest BCUT2D eigenvalue weighted by atomic mass is 35.5. The van der Waals surface area contributed by atoms with Crippen molar-refractivity contribution in [3.05, 3.63) is 106 Å². The molecule has 0 aliphatic rings. The molecule has 1 N–H and O–H groups in total. The maximum absolute atomic E-state index is 13.7. The van der Waals surface area contributed by atoms with Crippen molar-refractivity contribution in [2.24, 2.45) is 5.92 Å². The first kappa shape index (κ1) is 25.5. The van der Waals surface area contributed by atoms with Crippen molar-refractivity contribution in [1.29, 1.82) is 0 Å². The van der Waals surface area contributed by atoms with Crippen LogP contribution < -0.4 is 5.32 Å². The summed E-state index contributed by atoms with van der Waals surface area (Å²) in [6.45, 7) is 7.06. The molecule has 0 bridgehead atoms. The van der Waals surface area contributed by atoms with Gasteiger partial charge in [-0.2, -0.15) is 0 Å². The number of hydrogen-bond donors (Lipinski definition) is 1. The molecule has 0 spiro atoms. The van der Waals surface area contributed by atoms with E-state index in [2.05, 4.69) is 19.2 Å². The molecule has 0 unspecified atom stereocenters. The van der Waals surface area contributed by atoms with Gasteiger partial charge in [-0.25, -0.2) is 0 Å². The second-order valence-corrected chi connectivity index (χ2v) is 9.59. The number of rotatable bonds is 10. The predicted octanol–water partition coefficient (Wildman–Crippen LogP) is 5.60. The molecule has 0 radical (unpaired) electrons. The Bertz CT molecular complexity index is 1080. The second-order valence-electron chi connectivity index (χ2n) is 9.16. The fourth-order valence-electron chi connectivity index (χ4n) is 3.79. The Labute approximate surface area is 207 Å². The van der Waals surface area contributed by atoms with Crippen molar-refractivity contribution in [3.8, 4) is 0 Å². The summed E-state index contributed by atoms with van der Waals surface area (Å²) >= 11 is 6.15. The summed E-state index contributed by atoms with van der Waals surface area (Å²) in [4.78, 5) is 28.8. The fourth-order valence-corrected chi connectivity index (χ4v) is 4.00. The van der Waals surface area contributed by atoms with Gasteiger partial charge in [0.15, 0.2) is 0 Å². The Morgan fingerprint density at radius 1 is 0.882 bits per heavy atom. The van der Waals surface area contributed by atoms with Gasteiger partial charge in [0.2, 0.25) is 11.8 Å². The largest absolute Gasteiger partial charge is 0.354 e. The lowest BCUT2D eigenvalue weighted by molar-refractivity contribution is -0.140. The molecule has 178 valence electrons. The van der Waals surface area contributed by atoms with Gasteiger partial charge in [-0.15, -0.1) is 0 Å². The Morgan fingerprint density at radius 3 is 2.21 bits per heavy atom. The van der Waals surface area contributed by atoms with E-state index in [1.54, 1.807) is 17.0 Å². The van der Waals surface area contributed by atoms with Gasteiger partial charge in [0.25, 0.3) is 0 Å². The van der Waals surface area contributed by atoms with Gasteiger partial charge in [-0.05, 0) is 41.7 Å². The third-order valence-corrected chi connectivity index (χ3v) is 5.91. The van der Waals surface area contributed by atoms with Crippen LogP contribution in [0, 0.1) is 12.8 Å². The van der Waals surface area contributed by atoms with Crippen LogP contribution in [0.4, 0.5) is 0 Å². The minimum absolute atomic E-state index is 0.108. The van der Waals surface area contributed by atoms with E-state index in [-0.39, 0.29) is 18.2 Å². The van der Waals surface area contributed by atoms with Crippen LogP contribution in [-0.2, 0) is 29.0 Å². The first-order valence-electron chi connectivity index (χ1n) is 11.7. The molecule has 0 saturated carbocycles. The van der Waals surface area contributed by atoms with Crippen molar-refractivity contribution in [2.75, 3.05) is 6.54 Å². The molecule has 4 nitrogen and oxygen atoms in total. The van der Waals surface area contributed by atoms with Crippen LogP contribution in [0.3, 0.4) is 0 Å². The minimum Gasteiger partial charge on any atom is -0.354 e. The van der Waals surface area contributed by atoms with E-state index in [0.29, 0.717) is 30.5 Å². The average molecular weight is 477 g/mol. The van der Waals surface area contributed by atoms with E-state index < -0.39 is 6.04 Å². The first-order chi connectivity index (χ1) is 16.3. The van der Waals surface area contributed by atoms with E-state index in [9.17, 15) is 9.59 Å². The van der Waals surface area contributed by atoms with Crippen LogP contribution in [0.5, 0.6) is 0 Å². The van der Waals surface area contributed by atoms with Crippen LogP contribution in [0.2, 0.25) is 5.02 Å². The number of halogens is 1. The Balaban J connectivity index is 1.94. The third kappa shape index (κ3) is 7.74. The van der Waals surface area contributed by atoms with Gasteiger partial charge < -0.3 is 10.2 Å². The molecular weight excluding hydrogens is 444 g/mol. The highest BCUT2D eigenvalue weighted by Crippen LogP contribution is 2.18. The maximum Gasteiger partial charge on any atom is 0.243 e.